The van der Waals surface area contributed by atoms with E-state index in [2.05, 4.69) is 17.4 Å². The molecule has 3 aromatic rings. The molecule has 12 nitrogen and oxygen atoms in total. The Morgan fingerprint density at radius 2 is 1.78 bits per heavy atom. The van der Waals surface area contributed by atoms with Gasteiger partial charge in [0.2, 0.25) is 11.8 Å². The Balaban J connectivity index is 1.04. The Labute approximate surface area is 290 Å². The van der Waals surface area contributed by atoms with Crippen molar-refractivity contribution in [3.63, 3.8) is 0 Å². The van der Waals surface area contributed by atoms with E-state index < -0.39 is 44.8 Å². The van der Waals surface area contributed by atoms with E-state index in [4.69, 9.17) is 24.7 Å². The molecule has 9 rings (SSSR count). The predicted octanol–water partition coefficient (Wildman–Crippen LogP) is 4.16. The Hall–Kier alpha value is -3.72. The third kappa shape index (κ3) is 5.73. The molecule has 0 spiro atoms. The van der Waals surface area contributed by atoms with E-state index in [-0.39, 0.29) is 39.6 Å². The lowest BCUT2D eigenvalue weighted by atomic mass is 9.57. The number of carbonyl (C=O) groups excluding carboxylic acids is 2. The lowest BCUT2D eigenvalue weighted by Gasteiger charge is -2.52. The van der Waals surface area contributed by atoms with Crippen LogP contribution in [0.1, 0.15) is 104 Å². The molecule has 4 aliphatic carbocycles. The third-order valence-electron chi connectivity index (χ3n) is 11.9. The van der Waals surface area contributed by atoms with Gasteiger partial charge in [-0.3, -0.25) is 9.59 Å². The number of sulfone groups is 1. The average Bonchev–Trinajstić information content (AvgIpc) is 3.60. The third-order valence-corrected chi connectivity index (χ3v) is 13.7. The number of hydrogen-bond acceptors (Lipinski definition) is 10. The molecular weight excluding hydrogens is 665 g/mol. The number of benzene rings is 2. The molecule has 6 aliphatic rings. The first-order valence-corrected chi connectivity index (χ1v) is 19.1. The van der Waals surface area contributed by atoms with E-state index in [1.54, 1.807) is 0 Å². The van der Waals surface area contributed by atoms with Gasteiger partial charge in [-0.25, -0.2) is 12.8 Å². The molecule has 14 heteroatoms. The molecule has 266 valence electrons. The maximum absolute atomic E-state index is 15.8. The Morgan fingerprint density at radius 3 is 2.42 bits per heavy atom. The highest BCUT2D eigenvalue weighted by molar-refractivity contribution is 7.91. The zero-order valence-corrected chi connectivity index (χ0v) is 28.9. The smallest absolute Gasteiger partial charge is 0.254 e. The summed E-state index contributed by atoms with van der Waals surface area (Å²) < 4.78 is 59.6. The Morgan fingerprint density at radius 1 is 1.06 bits per heavy atom. The lowest BCUT2D eigenvalue weighted by molar-refractivity contribution is -0.119. The van der Waals surface area contributed by atoms with Crippen LogP contribution < -0.4 is 16.0 Å². The summed E-state index contributed by atoms with van der Waals surface area (Å²) in [6.45, 7) is 3.60. The maximum atomic E-state index is 15.8. The minimum Gasteiger partial charge on any atom is -0.376 e. The van der Waals surface area contributed by atoms with E-state index in [1.807, 2.05) is 24.3 Å². The highest BCUT2D eigenvalue weighted by atomic mass is 32.2. The first-order valence-electron chi connectivity index (χ1n) is 17.5. The number of nitrogens with one attached hydrogen (secondary N) is 1. The molecule has 50 heavy (non-hydrogen) atoms. The second-order valence-corrected chi connectivity index (χ2v) is 17.1. The van der Waals surface area contributed by atoms with Crippen molar-refractivity contribution >= 4 is 27.3 Å². The van der Waals surface area contributed by atoms with Gasteiger partial charge in [-0.05, 0) is 74.6 Å². The molecule has 0 radical (unpaired) electrons. The van der Waals surface area contributed by atoms with E-state index >= 15 is 4.39 Å². The number of aromatic nitrogens is 2. The zero-order valence-electron chi connectivity index (χ0n) is 28.1. The van der Waals surface area contributed by atoms with Crippen LogP contribution in [0.5, 0.6) is 0 Å². The van der Waals surface area contributed by atoms with E-state index in [0.29, 0.717) is 50.5 Å². The molecule has 3 N–H and O–H groups in total. The van der Waals surface area contributed by atoms with Crippen molar-refractivity contribution in [2.24, 2.45) is 5.73 Å². The normalized spacial score (nSPS) is 29.9. The van der Waals surface area contributed by atoms with Crippen LogP contribution in [-0.4, -0.2) is 67.5 Å². The molecule has 5 fully saturated rings. The van der Waals surface area contributed by atoms with Crippen molar-refractivity contribution in [3.8, 4) is 0 Å². The molecule has 2 aromatic carbocycles. The number of fused-ring (bicyclic) bond motifs is 4. The fraction of sp³-hybridized carbons (Fsp3) is 0.556. The van der Waals surface area contributed by atoms with E-state index in [1.165, 1.54) is 11.0 Å². The van der Waals surface area contributed by atoms with Crippen molar-refractivity contribution in [1.29, 1.82) is 0 Å². The van der Waals surface area contributed by atoms with Crippen LogP contribution in [0.3, 0.4) is 0 Å². The number of carbonyl (C=O) groups is 2. The van der Waals surface area contributed by atoms with Gasteiger partial charge in [-0.1, -0.05) is 42.8 Å². The van der Waals surface area contributed by atoms with Gasteiger partial charge >= 0.3 is 0 Å². The van der Waals surface area contributed by atoms with Crippen LogP contribution in [0, 0.1) is 5.82 Å². The highest BCUT2D eigenvalue weighted by Crippen LogP contribution is 2.54. The van der Waals surface area contributed by atoms with Crippen molar-refractivity contribution in [2.75, 3.05) is 30.5 Å². The Bertz CT molecular complexity index is 1910. The molecule has 3 heterocycles. The molecular formula is C36H42FN5O7S. The average molecular weight is 708 g/mol. The fourth-order valence-corrected chi connectivity index (χ4v) is 9.94. The lowest BCUT2D eigenvalue weighted by Crippen LogP contribution is -2.58. The number of halogens is 1. The van der Waals surface area contributed by atoms with Gasteiger partial charge in [-0.2, -0.15) is 4.98 Å². The topological polar surface area (TPSA) is 167 Å². The summed E-state index contributed by atoms with van der Waals surface area (Å²) >= 11 is 0. The molecule has 2 bridgehead atoms. The number of hydrogen-bond donors (Lipinski definition) is 2. The predicted molar refractivity (Wildman–Crippen MR) is 179 cm³/mol. The number of anilines is 1. The standard InChI is InChI=1S/C36H42FN5O7S/c1-34(7-2-8-34)32-39-33(49-41-32)35-9-12-36(13-10-35,14-11-35)40-30(43)24-17-27-29(18-25(24)37)50(45,46)21-26(38)31(44)42(27)19-22-3-5-23(6-4-22)28-20-47-15-16-48-28/h3-6,17-18,26,28H,2,7-16,19-21,38H2,1H3,(H,40,43)/t26-,28-,35?,36?/m0/s1. The van der Waals surface area contributed by atoms with Gasteiger partial charge in [0.15, 0.2) is 15.7 Å². The number of amides is 2. The van der Waals surface area contributed by atoms with Crippen LogP contribution in [-0.2, 0) is 41.5 Å². The molecule has 2 amide bonds. The van der Waals surface area contributed by atoms with Crippen molar-refractivity contribution in [1.82, 2.24) is 15.5 Å². The second-order valence-electron chi connectivity index (χ2n) is 15.1. The summed E-state index contributed by atoms with van der Waals surface area (Å²) in [7, 11) is -4.16. The largest absolute Gasteiger partial charge is 0.376 e. The molecule has 4 saturated carbocycles. The zero-order chi connectivity index (χ0) is 34.9. The summed E-state index contributed by atoms with van der Waals surface area (Å²) in [5.74, 6) is -1.50. The minimum atomic E-state index is -4.16. The van der Waals surface area contributed by atoms with Gasteiger partial charge < -0.3 is 29.9 Å². The van der Waals surface area contributed by atoms with E-state index in [0.717, 1.165) is 56.0 Å². The van der Waals surface area contributed by atoms with Crippen LogP contribution in [0.25, 0.3) is 0 Å². The first kappa shape index (κ1) is 33.4. The van der Waals surface area contributed by atoms with Gasteiger partial charge in [0.05, 0.1) is 54.3 Å². The van der Waals surface area contributed by atoms with Crippen molar-refractivity contribution in [2.45, 2.75) is 105 Å². The van der Waals surface area contributed by atoms with Crippen LogP contribution >= 0.6 is 0 Å². The molecule has 1 aromatic heterocycles. The fourth-order valence-electron chi connectivity index (χ4n) is 8.37. The van der Waals surface area contributed by atoms with E-state index in [9.17, 15) is 18.0 Å². The summed E-state index contributed by atoms with van der Waals surface area (Å²) in [4.78, 5) is 33.2. The SMILES string of the molecule is CC1(c2noc(C34CCC(NC(=O)c5cc6c(cc5F)S(=O)(=O)C[C@H](N)C(=O)N6Cc5ccc([C@@H]6COCCO6)cc5)(CC3)CC4)n2)CCC1. The van der Waals surface area contributed by atoms with Gasteiger partial charge in [0.1, 0.15) is 11.9 Å². The van der Waals surface area contributed by atoms with Crippen molar-refractivity contribution < 1.29 is 36.4 Å². The Kier molecular flexibility index (Phi) is 8.16. The molecule has 0 unspecified atom stereocenters. The summed E-state index contributed by atoms with van der Waals surface area (Å²) in [6, 6.07) is 8.03. The number of nitrogens with two attached hydrogens (primary N) is 1. The van der Waals surface area contributed by atoms with Crippen LogP contribution in [0.2, 0.25) is 0 Å². The monoisotopic (exact) mass is 707 g/mol. The maximum Gasteiger partial charge on any atom is 0.254 e. The highest BCUT2D eigenvalue weighted by Gasteiger charge is 2.53. The van der Waals surface area contributed by atoms with Crippen LogP contribution in [0.4, 0.5) is 10.1 Å². The number of nitrogens with zero attached hydrogens (tertiary/aromatic N) is 3. The summed E-state index contributed by atoms with van der Waals surface area (Å²) in [5.41, 5.74) is 6.47. The molecule has 2 aliphatic heterocycles. The summed E-state index contributed by atoms with van der Waals surface area (Å²) in [5, 5.41) is 7.46. The quantitative estimate of drug-likeness (QED) is 0.364. The van der Waals surface area contributed by atoms with Crippen LogP contribution in [0.15, 0.2) is 45.8 Å². The van der Waals surface area contributed by atoms with Gasteiger partial charge in [-0.15, -0.1) is 0 Å². The van der Waals surface area contributed by atoms with Crippen molar-refractivity contribution in [3.05, 3.63) is 70.6 Å². The number of rotatable bonds is 7. The number of ether oxygens (including phenoxy) is 2. The van der Waals surface area contributed by atoms with Gasteiger partial charge in [0, 0.05) is 16.4 Å². The van der Waals surface area contributed by atoms with Gasteiger partial charge in [0.25, 0.3) is 5.91 Å². The second kappa shape index (κ2) is 12.2. The first-order chi connectivity index (χ1) is 23.9. The summed E-state index contributed by atoms with van der Waals surface area (Å²) in [6.07, 6.45) is 7.26. The molecule has 2 atom stereocenters. The minimum absolute atomic E-state index is 0.0214. The molecule has 1 saturated heterocycles.